The number of hydrogen-bond acceptors (Lipinski definition) is 4. The minimum atomic E-state index is -0.149. The van der Waals surface area contributed by atoms with E-state index in [0.717, 1.165) is 56.1 Å². The highest BCUT2D eigenvalue weighted by Crippen LogP contribution is 2.17. The monoisotopic (exact) mass is 264 g/mol. The van der Waals surface area contributed by atoms with Crippen molar-refractivity contribution in [3.63, 3.8) is 0 Å². The van der Waals surface area contributed by atoms with Crippen molar-refractivity contribution in [1.82, 2.24) is 0 Å². The summed E-state index contributed by atoms with van der Waals surface area (Å²) in [4.78, 5) is 22.4. The Hall–Kier alpha value is -1.58. The van der Waals surface area contributed by atoms with E-state index in [0.29, 0.717) is 13.2 Å². The number of carbonyl (C=O) groups excluding carboxylic acids is 2. The highest BCUT2D eigenvalue weighted by molar-refractivity contribution is 5.90. The molecule has 0 unspecified atom stereocenters. The van der Waals surface area contributed by atoms with Crippen molar-refractivity contribution < 1.29 is 19.1 Å². The second-order valence-electron chi connectivity index (χ2n) is 4.87. The average Bonchev–Trinajstić information content (AvgIpc) is 2.98. The molecule has 2 heterocycles. The molecule has 0 bridgehead atoms. The second-order valence-corrected chi connectivity index (χ2v) is 4.87. The molecule has 19 heavy (non-hydrogen) atoms. The van der Waals surface area contributed by atoms with Crippen LogP contribution in [0.2, 0.25) is 0 Å². The van der Waals surface area contributed by atoms with Crippen LogP contribution >= 0.6 is 0 Å². The van der Waals surface area contributed by atoms with Crippen LogP contribution < -0.4 is 0 Å². The third-order valence-corrected chi connectivity index (χ3v) is 3.42. The molecule has 2 aliphatic rings. The number of hydrogen-bond donors (Lipinski definition) is 0. The standard InChI is InChI=1S/C15H20O4/c16-14-12(8-10-18-14)6-4-2-1-3-5-7-13-9-11-19-15(13)17/h6-7H,1-5,8-11H2/b12-6-,13-7+. The first-order valence-electron chi connectivity index (χ1n) is 6.99. The number of esters is 2. The van der Waals surface area contributed by atoms with Gasteiger partial charge in [0.05, 0.1) is 13.2 Å². The third-order valence-electron chi connectivity index (χ3n) is 3.42. The Balaban J connectivity index is 1.55. The number of ether oxygens (including phenoxy) is 2. The van der Waals surface area contributed by atoms with Gasteiger partial charge in [-0.3, -0.25) is 0 Å². The maximum absolute atomic E-state index is 11.2. The number of cyclic esters (lactones) is 2. The first-order valence-corrected chi connectivity index (χ1v) is 6.99. The van der Waals surface area contributed by atoms with Gasteiger partial charge in [-0.25, -0.2) is 9.59 Å². The van der Waals surface area contributed by atoms with Gasteiger partial charge in [-0.05, 0) is 25.7 Å². The van der Waals surface area contributed by atoms with E-state index in [-0.39, 0.29) is 11.9 Å². The van der Waals surface area contributed by atoms with Gasteiger partial charge >= 0.3 is 11.9 Å². The molecule has 2 fully saturated rings. The van der Waals surface area contributed by atoms with Gasteiger partial charge in [0.25, 0.3) is 0 Å². The quantitative estimate of drug-likeness (QED) is 0.420. The van der Waals surface area contributed by atoms with Crippen LogP contribution in [0.5, 0.6) is 0 Å². The highest BCUT2D eigenvalue weighted by Gasteiger charge is 2.18. The number of carbonyl (C=O) groups is 2. The fraction of sp³-hybridized carbons (Fsp3) is 0.600. The third kappa shape index (κ3) is 4.23. The van der Waals surface area contributed by atoms with E-state index in [9.17, 15) is 9.59 Å². The summed E-state index contributed by atoms with van der Waals surface area (Å²) in [5.41, 5.74) is 1.66. The fourth-order valence-corrected chi connectivity index (χ4v) is 2.29. The SMILES string of the molecule is O=C1OCC/C1=C/CCCCC/C=C1\CCOC1=O. The molecule has 4 nitrogen and oxygen atoms in total. The number of allylic oxidation sites excluding steroid dienone is 2. The van der Waals surface area contributed by atoms with Gasteiger partial charge in [0.15, 0.2) is 0 Å². The molecule has 104 valence electrons. The summed E-state index contributed by atoms with van der Waals surface area (Å²) in [7, 11) is 0. The van der Waals surface area contributed by atoms with Crippen molar-refractivity contribution >= 4 is 11.9 Å². The summed E-state index contributed by atoms with van der Waals surface area (Å²) in [6.45, 7) is 1.07. The predicted octanol–water partition coefficient (Wildman–Crippen LogP) is 2.68. The zero-order chi connectivity index (χ0) is 13.5. The lowest BCUT2D eigenvalue weighted by Crippen LogP contribution is -1.94. The van der Waals surface area contributed by atoms with Crippen LogP contribution in [0.15, 0.2) is 23.3 Å². The van der Waals surface area contributed by atoms with Crippen molar-refractivity contribution in [3.05, 3.63) is 23.3 Å². The van der Waals surface area contributed by atoms with Crippen LogP contribution in [0.25, 0.3) is 0 Å². The van der Waals surface area contributed by atoms with Gasteiger partial charge in [-0.2, -0.15) is 0 Å². The maximum atomic E-state index is 11.2. The van der Waals surface area contributed by atoms with Gasteiger partial charge in [0.1, 0.15) is 0 Å². The second kappa shape index (κ2) is 7.12. The molecule has 0 radical (unpaired) electrons. The summed E-state index contributed by atoms with van der Waals surface area (Å²) in [5, 5.41) is 0. The lowest BCUT2D eigenvalue weighted by molar-refractivity contribution is -0.135. The van der Waals surface area contributed by atoms with Crippen molar-refractivity contribution in [1.29, 1.82) is 0 Å². The first-order chi connectivity index (χ1) is 9.27. The largest absolute Gasteiger partial charge is 0.462 e. The Morgan fingerprint density at radius 1 is 0.789 bits per heavy atom. The average molecular weight is 264 g/mol. The van der Waals surface area contributed by atoms with Gasteiger partial charge in [0.2, 0.25) is 0 Å². The molecule has 0 spiro atoms. The summed E-state index contributed by atoms with van der Waals surface area (Å²) >= 11 is 0. The van der Waals surface area contributed by atoms with E-state index < -0.39 is 0 Å². The van der Waals surface area contributed by atoms with E-state index >= 15 is 0 Å². The molecule has 0 aromatic carbocycles. The molecule has 2 aliphatic heterocycles. The van der Waals surface area contributed by atoms with Gasteiger partial charge < -0.3 is 9.47 Å². The maximum Gasteiger partial charge on any atom is 0.333 e. The number of rotatable bonds is 6. The molecular formula is C15H20O4. The smallest absolute Gasteiger partial charge is 0.333 e. The molecule has 0 N–H and O–H groups in total. The van der Waals surface area contributed by atoms with Crippen LogP contribution in [0.4, 0.5) is 0 Å². The molecule has 0 atom stereocenters. The van der Waals surface area contributed by atoms with Crippen LogP contribution in [-0.4, -0.2) is 25.2 Å². The van der Waals surface area contributed by atoms with E-state index in [1.807, 2.05) is 12.2 Å². The normalized spacial score (nSPS) is 23.2. The van der Waals surface area contributed by atoms with Gasteiger partial charge in [-0.1, -0.05) is 18.6 Å². The van der Waals surface area contributed by atoms with Crippen molar-refractivity contribution in [3.8, 4) is 0 Å². The summed E-state index contributed by atoms with van der Waals surface area (Å²) in [6, 6.07) is 0. The zero-order valence-corrected chi connectivity index (χ0v) is 11.2. The molecule has 0 aromatic heterocycles. The molecule has 0 amide bonds. The van der Waals surface area contributed by atoms with Crippen molar-refractivity contribution in [2.45, 2.75) is 44.9 Å². The minimum absolute atomic E-state index is 0.149. The van der Waals surface area contributed by atoms with E-state index in [1.54, 1.807) is 0 Å². The van der Waals surface area contributed by atoms with Gasteiger partial charge in [0, 0.05) is 24.0 Å². The number of unbranched alkanes of at least 4 members (excludes halogenated alkanes) is 4. The fourth-order valence-electron chi connectivity index (χ4n) is 2.29. The summed E-state index contributed by atoms with van der Waals surface area (Å²) in [5.74, 6) is -0.297. The topological polar surface area (TPSA) is 52.6 Å². The minimum Gasteiger partial charge on any atom is -0.462 e. The van der Waals surface area contributed by atoms with Crippen molar-refractivity contribution in [2.75, 3.05) is 13.2 Å². The summed E-state index contributed by atoms with van der Waals surface area (Å²) in [6.07, 6.45) is 10.6. The molecule has 0 aliphatic carbocycles. The lowest BCUT2D eigenvalue weighted by Gasteiger charge is -1.97. The Morgan fingerprint density at radius 2 is 1.26 bits per heavy atom. The van der Waals surface area contributed by atoms with Crippen LogP contribution in [0.3, 0.4) is 0 Å². The first kappa shape index (κ1) is 13.8. The Kier molecular flexibility index (Phi) is 5.19. The van der Waals surface area contributed by atoms with Crippen LogP contribution in [0, 0.1) is 0 Å². The Labute approximate surface area is 113 Å². The van der Waals surface area contributed by atoms with Crippen molar-refractivity contribution in [2.24, 2.45) is 0 Å². The Bertz CT molecular complexity index is 368. The Morgan fingerprint density at radius 3 is 1.63 bits per heavy atom. The van der Waals surface area contributed by atoms with Crippen LogP contribution in [0.1, 0.15) is 44.9 Å². The molecular weight excluding hydrogens is 244 g/mol. The lowest BCUT2D eigenvalue weighted by atomic mass is 10.1. The molecule has 0 aromatic rings. The van der Waals surface area contributed by atoms with E-state index in [4.69, 9.17) is 9.47 Å². The van der Waals surface area contributed by atoms with E-state index in [1.165, 1.54) is 0 Å². The van der Waals surface area contributed by atoms with E-state index in [2.05, 4.69) is 0 Å². The van der Waals surface area contributed by atoms with Gasteiger partial charge in [-0.15, -0.1) is 0 Å². The predicted molar refractivity (Wildman–Crippen MR) is 70.4 cm³/mol. The highest BCUT2D eigenvalue weighted by atomic mass is 16.5. The molecule has 0 saturated carbocycles. The summed E-state index contributed by atoms with van der Waals surface area (Å²) < 4.78 is 9.74. The van der Waals surface area contributed by atoms with Crippen LogP contribution in [-0.2, 0) is 19.1 Å². The molecule has 2 saturated heterocycles. The molecule has 2 rings (SSSR count). The zero-order valence-electron chi connectivity index (χ0n) is 11.2. The molecule has 4 heteroatoms.